The molecule has 1 aliphatic heterocycles. The molecule has 0 aliphatic carbocycles. The lowest BCUT2D eigenvalue weighted by molar-refractivity contribution is -0.124. The van der Waals surface area contributed by atoms with Crippen molar-refractivity contribution in [3.63, 3.8) is 0 Å². The van der Waals surface area contributed by atoms with Gasteiger partial charge in [-0.05, 0) is 68.3 Å². The number of amides is 2. The molecule has 2 atom stereocenters. The summed E-state index contributed by atoms with van der Waals surface area (Å²) in [7, 11) is -4.29. The zero-order valence-corrected chi connectivity index (χ0v) is 23.3. The Kier molecular flexibility index (Phi) is 8.92. The number of rotatable bonds is 3. The van der Waals surface area contributed by atoms with E-state index in [-0.39, 0.29) is 40.8 Å². The first-order valence-corrected chi connectivity index (χ1v) is 14.4. The van der Waals surface area contributed by atoms with Crippen LogP contribution in [0.25, 0.3) is 0 Å². The van der Waals surface area contributed by atoms with E-state index in [0.29, 0.717) is 12.8 Å². The molecule has 2 unspecified atom stereocenters. The first-order chi connectivity index (χ1) is 19.0. The molecule has 13 heteroatoms. The SMILES string of the molecule is CC1(Cn2cccn2)CNC(=O)c2ccc(Cl)c(c2)S(=O)(=O)N(c2ccc(F)cc2)C/C=C\CCC(N)C(=O)N1. The molecule has 2 heterocycles. The molecular weight excluding hydrogens is 559 g/mol. The van der Waals surface area contributed by atoms with Crippen molar-refractivity contribution in [2.75, 3.05) is 17.4 Å². The van der Waals surface area contributed by atoms with Gasteiger partial charge < -0.3 is 16.4 Å². The van der Waals surface area contributed by atoms with Gasteiger partial charge in [0.25, 0.3) is 15.9 Å². The summed E-state index contributed by atoms with van der Waals surface area (Å²) in [5, 5.41) is 9.84. The van der Waals surface area contributed by atoms with Crippen LogP contribution < -0.4 is 20.7 Å². The van der Waals surface area contributed by atoms with Crippen LogP contribution in [0.5, 0.6) is 0 Å². The number of carbonyl (C=O) groups excluding carboxylic acids is 2. The lowest BCUT2D eigenvalue weighted by Gasteiger charge is -2.32. The minimum atomic E-state index is -4.29. The lowest BCUT2D eigenvalue weighted by Crippen LogP contribution is -2.59. The topological polar surface area (TPSA) is 139 Å². The summed E-state index contributed by atoms with van der Waals surface area (Å²) >= 11 is 6.33. The highest BCUT2D eigenvalue weighted by Crippen LogP contribution is 2.30. The lowest BCUT2D eigenvalue weighted by atomic mass is 10.00. The molecule has 2 amide bonds. The third kappa shape index (κ3) is 6.87. The minimum absolute atomic E-state index is 0.00350. The first-order valence-electron chi connectivity index (χ1n) is 12.5. The number of nitrogens with one attached hydrogen (secondary N) is 2. The van der Waals surface area contributed by atoms with Crippen LogP contribution in [0.2, 0.25) is 5.02 Å². The zero-order valence-electron chi connectivity index (χ0n) is 21.8. The molecule has 1 aliphatic rings. The van der Waals surface area contributed by atoms with Gasteiger partial charge in [0, 0.05) is 24.5 Å². The van der Waals surface area contributed by atoms with Crippen LogP contribution in [-0.4, -0.2) is 54.7 Å². The van der Waals surface area contributed by atoms with E-state index in [1.165, 1.54) is 30.3 Å². The highest BCUT2D eigenvalue weighted by atomic mass is 35.5. The van der Waals surface area contributed by atoms with Crippen molar-refractivity contribution < 1.29 is 22.4 Å². The molecular formula is C27H30ClFN6O4S. The summed E-state index contributed by atoms with van der Waals surface area (Å²) in [6.07, 6.45) is 7.37. The Labute approximate surface area is 237 Å². The number of halogens is 2. The second kappa shape index (κ2) is 12.2. The number of anilines is 1. The Morgan fingerprint density at radius 2 is 1.93 bits per heavy atom. The molecule has 0 fully saturated rings. The molecule has 212 valence electrons. The van der Waals surface area contributed by atoms with Crippen LogP contribution in [0.15, 0.2) is 78.0 Å². The summed E-state index contributed by atoms with van der Waals surface area (Å²) in [6.45, 7) is 1.89. The number of benzene rings is 2. The molecule has 40 heavy (non-hydrogen) atoms. The van der Waals surface area contributed by atoms with Crippen molar-refractivity contribution in [2.45, 2.75) is 42.8 Å². The van der Waals surface area contributed by atoms with Crippen molar-refractivity contribution >= 4 is 39.1 Å². The van der Waals surface area contributed by atoms with Gasteiger partial charge in [-0.15, -0.1) is 0 Å². The van der Waals surface area contributed by atoms with Gasteiger partial charge >= 0.3 is 0 Å². The van der Waals surface area contributed by atoms with Gasteiger partial charge in [-0.25, -0.2) is 12.8 Å². The number of sulfonamides is 1. The maximum absolute atomic E-state index is 13.8. The van der Waals surface area contributed by atoms with E-state index in [2.05, 4.69) is 15.7 Å². The van der Waals surface area contributed by atoms with E-state index in [1.807, 2.05) is 0 Å². The molecule has 2 aromatic carbocycles. The molecule has 0 saturated carbocycles. The van der Waals surface area contributed by atoms with Crippen LogP contribution in [0.1, 0.15) is 30.1 Å². The summed E-state index contributed by atoms with van der Waals surface area (Å²) in [4.78, 5) is 25.9. The van der Waals surface area contributed by atoms with Crippen molar-refractivity contribution in [1.82, 2.24) is 20.4 Å². The molecule has 4 rings (SSSR count). The number of fused-ring (bicyclic) bond motifs is 2. The summed E-state index contributed by atoms with van der Waals surface area (Å²) in [6, 6.07) is 9.82. The molecule has 0 spiro atoms. The normalized spacial score (nSPS) is 23.1. The summed E-state index contributed by atoms with van der Waals surface area (Å²) < 4.78 is 44.0. The van der Waals surface area contributed by atoms with E-state index in [1.54, 1.807) is 42.2 Å². The molecule has 3 aromatic rings. The van der Waals surface area contributed by atoms with Gasteiger partial charge in [0.15, 0.2) is 0 Å². The second-order valence-electron chi connectivity index (χ2n) is 9.75. The van der Waals surface area contributed by atoms with E-state index < -0.39 is 39.2 Å². The van der Waals surface area contributed by atoms with Gasteiger partial charge in [-0.1, -0.05) is 23.8 Å². The van der Waals surface area contributed by atoms with E-state index in [9.17, 15) is 22.4 Å². The maximum Gasteiger partial charge on any atom is 0.266 e. The number of nitrogens with zero attached hydrogens (tertiary/aromatic N) is 3. The summed E-state index contributed by atoms with van der Waals surface area (Å²) in [5.74, 6) is -1.49. The van der Waals surface area contributed by atoms with Crippen molar-refractivity contribution in [3.8, 4) is 0 Å². The molecule has 2 bridgehead atoms. The van der Waals surface area contributed by atoms with E-state index in [4.69, 9.17) is 17.3 Å². The van der Waals surface area contributed by atoms with Gasteiger partial charge in [-0.2, -0.15) is 5.10 Å². The largest absolute Gasteiger partial charge is 0.350 e. The fraction of sp³-hybridized carbons (Fsp3) is 0.296. The van der Waals surface area contributed by atoms with Crippen molar-refractivity contribution in [3.05, 3.63) is 89.5 Å². The highest BCUT2D eigenvalue weighted by molar-refractivity contribution is 7.93. The van der Waals surface area contributed by atoms with E-state index >= 15 is 0 Å². The second-order valence-corrected chi connectivity index (χ2v) is 12.0. The monoisotopic (exact) mass is 588 g/mol. The highest BCUT2D eigenvalue weighted by Gasteiger charge is 2.31. The third-order valence-electron chi connectivity index (χ3n) is 6.43. The van der Waals surface area contributed by atoms with Crippen molar-refractivity contribution in [2.24, 2.45) is 5.73 Å². The van der Waals surface area contributed by atoms with Crippen LogP contribution >= 0.6 is 11.6 Å². The van der Waals surface area contributed by atoms with Crippen LogP contribution in [0.4, 0.5) is 10.1 Å². The van der Waals surface area contributed by atoms with Crippen LogP contribution in [0, 0.1) is 5.82 Å². The average molecular weight is 589 g/mol. The van der Waals surface area contributed by atoms with Gasteiger partial charge in [0.2, 0.25) is 5.91 Å². The molecule has 1 aromatic heterocycles. The Morgan fingerprint density at radius 3 is 2.62 bits per heavy atom. The van der Waals surface area contributed by atoms with Crippen molar-refractivity contribution in [1.29, 1.82) is 0 Å². The number of aromatic nitrogens is 2. The van der Waals surface area contributed by atoms with Gasteiger partial charge in [0.1, 0.15) is 10.7 Å². The van der Waals surface area contributed by atoms with Crippen LogP contribution in [0.3, 0.4) is 0 Å². The Balaban J connectivity index is 1.74. The van der Waals surface area contributed by atoms with Crippen LogP contribution in [-0.2, 0) is 21.4 Å². The predicted molar refractivity (Wildman–Crippen MR) is 150 cm³/mol. The Bertz CT molecular complexity index is 1500. The maximum atomic E-state index is 13.8. The zero-order chi connectivity index (χ0) is 28.9. The fourth-order valence-corrected chi connectivity index (χ4v) is 6.18. The smallest absolute Gasteiger partial charge is 0.266 e. The van der Waals surface area contributed by atoms with Gasteiger partial charge in [-0.3, -0.25) is 18.6 Å². The third-order valence-corrected chi connectivity index (χ3v) is 8.70. The predicted octanol–water partition coefficient (Wildman–Crippen LogP) is 2.85. The summed E-state index contributed by atoms with van der Waals surface area (Å²) in [5.41, 5.74) is 5.44. The minimum Gasteiger partial charge on any atom is -0.350 e. The quantitative estimate of drug-likeness (QED) is 0.402. The van der Waals surface area contributed by atoms with E-state index in [0.717, 1.165) is 16.4 Å². The molecule has 10 nitrogen and oxygen atoms in total. The number of allylic oxidation sites excluding steroid dienone is 1. The number of hydrogen-bond acceptors (Lipinski definition) is 6. The molecule has 0 radical (unpaired) electrons. The first kappa shape index (κ1) is 29.2. The molecule has 0 saturated heterocycles. The Hall–Kier alpha value is -3.74. The molecule has 4 N–H and O–H groups in total. The number of carbonyl (C=O) groups is 2. The standard InChI is InChI=1S/C27H30ClFN6O4S/c1-27(18-34-14-5-13-32-34)17-31-25(36)19-7-12-22(28)24(16-19)40(38,39)35(21-10-8-20(29)9-11-21)15-4-2-3-6-23(30)26(37)33-27/h2,4-5,7-14,16,23H,3,6,15,17-18,30H2,1H3,(H,31,36)(H,33,37)/b4-2-. The fourth-order valence-electron chi connectivity index (χ4n) is 4.26. The number of hydrogen-bond donors (Lipinski definition) is 3. The average Bonchev–Trinajstić information content (AvgIpc) is 3.42. The Morgan fingerprint density at radius 1 is 1.18 bits per heavy atom. The van der Waals surface area contributed by atoms with Gasteiger partial charge in [0.05, 0.1) is 35.4 Å². The number of nitrogens with two attached hydrogens (primary N) is 1.